The molecule has 7 nitrogen and oxygen atoms in total. The van der Waals surface area contributed by atoms with E-state index in [4.69, 9.17) is 16.1 Å². The van der Waals surface area contributed by atoms with E-state index >= 15 is 0 Å². The quantitative estimate of drug-likeness (QED) is 0.808. The lowest BCUT2D eigenvalue weighted by Crippen LogP contribution is -2.40. The van der Waals surface area contributed by atoms with Crippen LogP contribution >= 0.6 is 11.6 Å². The molecule has 1 aromatic carbocycles. The fraction of sp³-hybridized carbons (Fsp3) is 0.412. The van der Waals surface area contributed by atoms with Crippen molar-refractivity contribution in [1.82, 2.24) is 14.8 Å². The number of rotatable bonds is 6. The van der Waals surface area contributed by atoms with E-state index in [-0.39, 0.29) is 18.0 Å². The van der Waals surface area contributed by atoms with Crippen LogP contribution in [0.3, 0.4) is 0 Å². The van der Waals surface area contributed by atoms with Crippen molar-refractivity contribution >= 4 is 27.5 Å². The third-order valence-corrected chi connectivity index (χ3v) is 6.35. The number of piperidine rings is 1. The summed E-state index contributed by atoms with van der Waals surface area (Å²) in [5.74, 6) is -0.156. The smallest absolute Gasteiger partial charge is 0.273 e. The molecule has 0 spiro atoms. The Labute approximate surface area is 157 Å². The first-order valence-electron chi connectivity index (χ1n) is 8.44. The Morgan fingerprint density at radius 1 is 1.19 bits per heavy atom. The van der Waals surface area contributed by atoms with Crippen molar-refractivity contribution in [2.75, 3.05) is 25.4 Å². The lowest BCUT2D eigenvalue weighted by Gasteiger charge is -2.25. The van der Waals surface area contributed by atoms with E-state index in [1.54, 1.807) is 24.3 Å². The number of carbonyl (C=O) groups excluding carboxylic acids is 1. The Kier molecular flexibility index (Phi) is 5.95. The molecular formula is C17H20ClN3O4S. The minimum Gasteiger partial charge on any atom is -0.355 e. The van der Waals surface area contributed by atoms with Gasteiger partial charge in [0.1, 0.15) is 0 Å². The summed E-state index contributed by atoms with van der Waals surface area (Å²) >= 11 is 5.84. The predicted molar refractivity (Wildman–Crippen MR) is 98.5 cm³/mol. The summed E-state index contributed by atoms with van der Waals surface area (Å²) in [4.78, 5) is 12.1. The first kappa shape index (κ1) is 18.9. The van der Waals surface area contributed by atoms with Crippen molar-refractivity contribution in [1.29, 1.82) is 0 Å². The van der Waals surface area contributed by atoms with Crippen LogP contribution in [0.15, 0.2) is 34.9 Å². The molecule has 1 aliphatic heterocycles. The van der Waals surface area contributed by atoms with E-state index in [1.807, 2.05) is 0 Å². The van der Waals surface area contributed by atoms with Crippen molar-refractivity contribution in [3.63, 3.8) is 0 Å². The fourth-order valence-electron chi connectivity index (χ4n) is 2.79. The summed E-state index contributed by atoms with van der Waals surface area (Å²) in [6, 6.07) is 8.46. The Morgan fingerprint density at radius 2 is 1.88 bits per heavy atom. The van der Waals surface area contributed by atoms with E-state index < -0.39 is 15.9 Å². The number of hydrogen-bond donors (Lipinski definition) is 1. The van der Waals surface area contributed by atoms with Crippen LogP contribution in [-0.4, -0.2) is 49.2 Å². The van der Waals surface area contributed by atoms with Crippen LogP contribution in [0.2, 0.25) is 5.02 Å². The molecular weight excluding hydrogens is 378 g/mol. The van der Waals surface area contributed by atoms with Crippen molar-refractivity contribution in [3.05, 3.63) is 41.0 Å². The van der Waals surface area contributed by atoms with Gasteiger partial charge in [-0.1, -0.05) is 23.2 Å². The highest BCUT2D eigenvalue weighted by Crippen LogP contribution is 2.22. The standard InChI is InChI=1S/C17H20ClN3O4S/c18-14-6-4-13(5-7-14)16-12-15(20-25-16)17(22)19-8-11-26(23,24)21-9-2-1-3-10-21/h4-7,12H,1-3,8-11H2,(H,19,22). The van der Waals surface area contributed by atoms with Gasteiger partial charge in [-0.2, -0.15) is 0 Å². The van der Waals surface area contributed by atoms with Crippen LogP contribution in [-0.2, 0) is 10.0 Å². The second-order valence-electron chi connectivity index (χ2n) is 6.11. The number of hydrogen-bond acceptors (Lipinski definition) is 5. The van der Waals surface area contributed by atoms with Gasteiger partial charge >= 0.3 is 0 Å². The van der Waals surface area contributed by atoms with Crippen molar-refractivity contribution in [2.24, 2.45) is 0 Å². The molecule has 140 valence electrons. The third-order valence-electron chi connectivity index (χ3n) is 4.23. The van der Waals surface area contributed by atoms with E-state index in [2.05, 4.69) is 10.5 Å². The van der Waals surface area contributed by atoms with Crippen LogP contribution in [0.4, 0.5) is 0 Å². The normalized spacial score (nSPS) is 15.7. The number of nitrogens with one attached hydrogen (secondary N) is 1. The Bertz CT molecular complexity index is 858. The molecule has 1 amide bonds. The summed E-state index contributed by atoms with van der Waals surface area (Å²) in [5, 5.41) is 6.92. The van der Waals surface area contributed by atoms with Crippen LogP contribution in [0.25, 0.3) is 11.3 Å². The average molecular weight is 398 g/mol. The van der Waals surface area contributed by atoms with Crippen molar-refractivity contribution < 1.29 is 17.7 Å². The maximum atomic E-state index is 12.2. The van der Waals surface area contributed by atoms with Gasteiger partial charge in [-0.15, -0.1) is 0 Å². The van der Waals surface area contributed by atoms with Gasteiger partial charge in [0.05, 0.1) is 5.75 Å². The topological polar surface area (TPSA) is 92.5 Å². The van der Waals surface area contributed by atoms with E-state index in [1.165, 1.54) is 10.4 Å². The monoisotopic (exact) mass is 397 g/mol. The molecule has 0 unspecified atom stereocenters. The highest BCUT2D eigenvalue weighted by atomic mass is 35.5. The lowest BCUT2D eigenvalue weighted by molar-refractivity contribution is 0.0947. The van der Waals surface area contributed by atoms with Crippen LogP contribution in [0, 0.1) is 0 Å². The molecule has 2 heterocycles. The molecule has 0 bridgehead atoms. The van der Waals surface area contributed by atoms with Crippen LogP contribution < -0.4 is 5.32 Å². The number of amides is 1. The molecule has 1 N–H and O–H groups in total. The zero-order valence-electron chi connectivity index (χ0n) is 14.2. The summed E-state index contributed by atoms with van der Waals surface area (Å²) < 4.78 is 31.2. The Balaban J connectivity index is 1.54. The molecule has 0 saturated carbocycles. The van der Waals surface area contributed by atoms with Crippen LogP contribution in [0.1, 0.15) is 29.8 Å². The molecule has 0 aliphatic carbocycles. The summed E-state index contributed by atoms with van der Waals surface area (Å²) in [6.07, 6.45) is 2.83. The number of halogens is 1. The number of aromatic nitrogens is 1. The Hall–Kier alpha value is -1.90. The van der Waals surface area contributed by atoms with Gasteiger partial charge in [0.15, 0.2) is 11.5 Å². The van der Waals surface area contributed by atoms with Crippen molar-refractivity contribution in [2.45, 2.75) is 19.3 Å². The maximum absolute atomic E-state index is 12.2. The van der Waals surface area contributed by atoms with Crippen LogP contribution in [0.5, 0.6) is 0 Å². The minimum absolute atomic E-state index is 0.0286. The zero-order valence-corrected chi connectivity index (χ0v) is 15.7. The summed E-state index contributed by atoms with van der Waals surface area (Å²) in [6.45, 7) is 1.15. The largest absolute Gasteiger partial charge is 0.355 e. The van der Waals surface area contributed by atoms with Gasteiger partial charge < -0.3 is 9.84 Å². The number of nitrogens with zero attached hydrogens (tertiary/aromatic N) is 2. The Morgan fingerprint density at radius 3 is 2.58 bits per heavy atom. The molecule has 0 radical (unpaired) electrons. The number of benzene rings is 1. The molecule has 1 aliphatic rings. The molecule has 26 heavy (non-hydrogen) atoms. The molecule has 1 fully saturated rings. The number of sulfonamides is 1. The fourth-order valence-corrected chi connectivity index (χ4v) is 4.35. The highest BCUT2D eigenvalue weighted by molar-refractivity contribution is 7.89. The van der Waals surface area contributed by atoms with Gasteiger partial charge in [0.25, 0.3) is 5.91 Å². The van der Waals surface area contributed by atoms with E-state index in [9.17, 15) is 13.2 Å². The average Bonchev–Trinajstić information content (AvgIpc) is 3.13. The summed E-state index contributed by atoms with van der Waals surface area (Å²) in [7, 11) is -3.34. The first-order valence-corrected chi connectivity index (χ1v) is 10.4. The van der Waals surface area contributed by atoms with E-state index in [0.29, 0.717) is 23.9 Å². The van der Waals surface area contributed by atoms with Gasteiger partial charge in [-0.3, -0.25) is 4.79 Å². The SMILES string of the molecule is O=C(NCCS(=O)(=O)N1CCCCC1)c1cc(-c2ccc(Cl)cc2)on1. The first-order chi connectivity index (χ1) is 12.5. The van der Waals surface area contributed by atoms with Gasteiger partial charge in [0, 0.05) is 36.3 Å². The highest BCUT2D eigenvalue weighted by Gasteiger charge is 2.24. The summed E-state index contributed by atoms with van der Waals surface area (Å²) in [5.41, 5.74) is 0.846. The van der Waals surface area contributed by atoms with Gasteiger partial charge in [-0.25, -0.2) is 12.7 Å². The molecule has 3 rings (SSSR count). The second-order valence-corrected chi connectivity index (χ2v) is 8.64. The van der Waals surface area contributed by atoms with Gasteiger partial charge in [-0.05, 0) is 37.1 Å². The second kappa shape index (κ2) is 8.20. The molecule has 0 atom stereocenters. The molecule has 9 heteroatoms. The minimum atomic E-state index is -3.34. The lowest BCUT2D eigenvalue weighted by atomic mass is 10.1. The zero-order chi connectivity index (χ0) is 18.6. The van der Waals surface area contributed by atoms with E-state index in [0.717, 1.165) is 24.8 Å². The van der Waals surface area contributed by atoms with Crippen molar-refractivity contribution in [3.8, 4) is 11.3 Å². The third kappa shape index (κ3) is 4.63. The molecule has 1 aromatic heterocycles. The maximum Gasteiger partial charge on any atom is 0.273 e. The predicted octanol–water partition coefficient (Wildman–Crippen LogP) is 2.54. The number of carbonyl (C=O) groups is 1. The molecule has 1 saturated heterocycles. The molecule has 2 aromatic rings. The van der Waals surface area contributed by atoms with Gasteiger partial charge in [0.2, 0.25) is 10.0 Å².